The summed E-state index contributed by atoms with van der Waals surface area (Å²) in [5.41, 5.74) is -0.938. The van der Waals surface area contributed by atoms with Gasteiger partial charge in [0.25, 0.3) is 0 Å². The van der Waals surface area contributed by atoms with E-state index in [0.717, 1.165) is 38.2 Å². The number of esters is 2. The quantitative estimate of drug-likeness (QED) is 0.0222. The van der Waals surface area contributed by atoms with E-state index in [9.17, 15) is 22.6 Å². The van der Waals surface area contributed by atoms with E-state index in [0.29, 0.717) is 6.42 Å². The van der Waals surface area contributed by atoms with E-state index >= 15 is 0 Å². The van der Waals surface area contributed by atoms with Crippen molar-refractivity contribution in [1.82, 2.24) is 0 Å². The fraction of sp³-hybridized carbons (Fsp3) is 0.727. The molecule has 0 amide bonds. The molecule has 0 aromatic heterocycles. The number of rotatable bonds is 35. The maximum atomic E-state index is 12.9. The zero-order valence-corrected chi connectivity index (χ0v) is 38.0. The van der Waals surface area contributed by atoms with Gasteiger partial charge in [0, 0.05) is 0 Å². The third-order valence-corrected chi connectivity index (χ3v) is 10.6. The van der Waals surface area contributed by atoms with Crippen molar-refractivity contribution in [2.75, 3.05) is 0 Å². The summed E-state index contributed by atoms with van der Waals surface area (Å²) >= 11 is 0. The molecule has 1 aromatic carbocycles. The van der Waals surface area contributed by atoms with E-state index < -0.39 is 32.5 Å². The minimum Gasteiger partial charge on any atom is -0.744 e. The van der Waals surface area contributed by atoms with Crippen LogP contribution in [0.25, 0.3) is 0 Å². The molecule has 0 spiro atoms. The predicted molar refractivity (Wildman–Crippen MR) is 213 cm³/mol. The van der Waals surface area contributed by atoms with Crippen LogP contribution in [-0.4, -0.2) is 24.9 Å². The predicted octanol–water partition coefficient (Wildman–Crippen LogP) is 10.7. The van der Waals surface area contributed by atoms with Crippen molar-refractivity contribution in [1.29, 1.82) is 0 Å². The fourth-order valence-electron chi connectivity index (χ4n) is 6.51. The molecule has 0 saturated heterocycles. The molecule has 0 atom stereocenters. The van der Waals surface area contributed by atoms with E-state index in [2.05, 4.69) is 13.8 Å². The maximum absolute atomic E-state index is 12.9. The molecule has 0 fully saturated rings. The largest absolute Gasteiger partial charge is 1.00 e. The Kier molecular flexibility index (Phi) is 36.2. The third-order valence-electron chi connectivity index (χ3n) is 9.71. The van der Waals surface area contributed by atoms with Crippen LogP contribution >= 0.6 is 0 Å². The summed E-state index contributed by atoms with van der Waals surface area (Å²) < 4.78 is 46.2. The van der Waals surface area contributed by atoms with Gasteiger partial charge in [-0.15, -0.1) is 0 Å². The minimum absolute atomic E-state index is 0. The van der Waals surface area contributed by atoms with Gasteiger partial charge < -0.3 is 14.0 Å². The van der Waals surface area contributed by atoms with Crippen LogP contribution in [0.5, 0.6) is 0 Å². The Balaban J connectivity index is 0.0000270. The monoisotopic (exact) mass is 784 g/mol. The van der Waals surface area contributed by atoms with Gasteiger partial charge in [-0.2, -0.15) is 0 Å². The van der Waals surface area contributed by atoms with Gasteiger partial charge >= 0.3 is 63.3 Å². The molecule has 0 radical (unpaired) electrons. The molecule has 0 bridgehead atoms. The second kappa shape index (κ2) is 36.8. The molecule has 0 saturated carbocycles. The number of hydrogen-bond donors (Lipinski definition) is 0. The van der Waals surface area contributed by atoms with Gasteiger partial charge in [-0.25, -0.2) is 18.0 Å². The van der Waals surface area contributed by atoms with E-state index in [4.69, 9.17) is 9.47 Å². The molecule has 9 heteroatoms. The first-order valence-corrected chi connectivity index (χ1v) is 22.5. The summed E-state index contributed by atoms with van der Waals surface area (Å²) in [7, 11) is -5.05. The zero-order valence-electron chi connectivity index (χ0n) is 34.0. The molecule has 1 aromatic rings. The van der Waals surface area contributed by atoms with Crippen LogP contribution in [0.15, 0.2) is 47.8 Å². The van der Waals surface area contributed by atoms with Crippen LogP contribution in [0.1, 0.15) is 227 Å². The summed E-state index contributed by atoms with van der Waals surface area (Å²) in [5.74, 6) is -2.02. The van der Waals surface area contributed by atoms with Crippen molar-refractivity contribution in [3.05, 3.63) is 54.0 Å². The van der Waals surface area contributed by atoms with Crippen molar-refractivity contribution in [2.24, 2.45) is 0 Å². The molecule has 0 aliphatic carbocycles. The van der Waals surface area contributed by atoms with Crippen LogP contribution in [0.2, 0.25) is 0 Å². The van der Waals surface area contributed by atoms with Gasteiger partial charge in [0.05, 0.1) is 28.5 Å². The molecule has 53 heavy (non-hydrogen) atoms. The van der Waals surface area contributed by atoms with Gasteiger partial charge in [-0.3, -0.25) is 0 Å². The van der Waals surface area contributed by atoms with Crippen molar-refractivity contribution in [2.45, 2.75) is 211 Å². The summed E-state index contributed by atoms with van der Waals surface area (Å²) in [6.07, 6.45) is 43.1. The molecule has 7 nitrogen and oxygen atoms in total. The number of allylic oxidation sites excluding steroid dienone is 2. The van der Waals surface area contributed by atoms with E-state index in [1.165, 1.54) is 179 Å². The summed E-state index contributed by atoms with van der Waals surface area (Å²) in [6.45, 7) is 4.51. The normalized spacial score (nSPS) is 11.7. The van der Waals surface area contributed by atoms with E-state index in [1.54, 1.807) is 12.2 Å². The van der Waals surface area contributed by atoms with Gasteiger partial charge in [-0.05, 0) is 50.0 Å². The average Bonchev–Trinajstić information content (AvgIpc) is 3.13. The molecule has 0 aliphatic rings. The zero-order chi connectivity index (χ0) is 38.0. The molecular formula is C44H73KO7S. The minimum atomic E-state index is -5.05. The summed E-state index contributed by atoms with van der Waals surface area (Å²) in [4.78, 5) is 25.0. The Morgan fingerprint density at radius 2 is 0.849 bits per heavy atom. The first kappa shape index (κ1) is 52.2. The van der Waals surface area contributed by atoms with E-state index in [1.807, 2.05) is 0 Å². The van der Waals surface area contributed by atoms with Crippen LogP contribution in [0.4, 0.5) is 0 Å². The standard InChI is InChI=1S/C44H74O7S.K/c1-3-5-7-9-11-13-15-17-19-21-23-25-27-29-31-33-38-50-43(45)40-36-35-37-41(52(47,48)49)42(40)44(46)51-39-34-32-30-28-26-24-22-20-18-16-14-12-10-8-6-4-2;/h33-39H,3-32H2,1-2H3,(H,47,48,49);/q;+1/p-1/b38-33+,39-34+;. The average molecular weight is 785 g/mol. The molecular weight excluding hydrogens is 712 g/mol. The number of ether oxygens (including phenoxy) is 2. The van der Waals surface area contributed by atoms with Crippen LogP contribution < -0.4 is 51.4 Å². The summed E-state index contributed by atoms with van der Waals surface area (Å²) in [6, 6.07) is 3.49. The van der Waals surface area contributed by atoms with E-state index in [-0.39, 0.29) is 56.9 Å². The summed E-state index contributed by atoms with van der Waals surface area (Å²) in [5, 5.41) is 0. The van der Waals surface area contributed by atoms with Crippen molar-refractivity contribution in [3.63, 3.8) is 0 Å². The van der Waals surface area contributed by atoms with Crippen LogP contribution in [0.3, 0.4) is 0 Å². The maximum Gasteiger partial charge on any atom is 1.00 e. The Morgan fingerprint density at radius 1 is 0.528 bits per heavy atom. The van der Waals surface area contributed by atoms with Crippen LogP contribution in [-0.2, 0) is 19.6 Å². The van der Waals surface area contributed by atoms with Gasteiger partial charge in [-0.1, -0.05) is 187 Å². The molecule has 0 unspecified atom stereocenters. The number of hydrogen-bond acceptors (Lipinski definition) is 7. The van der Waals surface area contributed by atoms with Gasteiger partial charge in [0.2, 0.25) is 0 Å². The van der Waals surface area contributed by atoms with Crippen LogP contribution in [0, 0.1) is 0 Å². The van der Waals surface area contributed by atoms with Crippen molar-refractivity contribution in [3.8, 4) is 0 Å². The fourth-order valence-corrected chi connectivity index (χ4v) is 7.20. The Morgan fingerprint density at radius 3 is 1.19 bits per heavy atom. The second-order valence-electron chi connectivity index (χ2n) is 14.5. The van der Waals surface area contributed by atoms with Gasteiger partial charge in [0.15, 0.2) is 0 Å². The molecule has 0 N–H and O–H groups in total. The first-order chi connectivity index (χ1) is 25.3. The molecule has 0 heterocycles. The molecule has 0 aliphatic heterocycles. The SMILES string of the molecule is CCCCCCCCCCCCCCCC/C=C/OC(=O)c1cccc(S(=O)(=O)[O-])c1C(=O)O/C=C/CCCCCCCCCCCCCCCC.[K+]. The van der Waals surface area contributed by atoms with Crippen molar-refractivity contribution >= 4 is 22.1 Å². The van der Waals surface area contributed by atoms with Crippen molar-refractivity contribution < 1.29 is 83.4 Å². The molecule has 1 rings (SSSR count). The number of carbonyl (C=O) groups excluding carboxylic acids is 2. The number of carbonyl (C=O) groups is 2. The Labute approximate surface area is 367 Å². The number of benzene rings is 1. The second-order valence-corrected chi connectivity index (χ2v) is 15.8. The molecule has 298 valence electrons. The smallest absolute Gasteiger partial charge is 0.744 e. The number of unbranched alkanes of at least 4 members (excludes halogenated alkanes) is 28. The first-order valence-electron chi connectivity index (χ1n) is 21.1. The van der Waals surface area contributed by atoms with Gasteiger partial charge in [0.1, 0.15) is 10.1 Å². The third kappa shape index (κ3) is 29.1. The topological polar surface area (TPSA) is 110 Å². The Hall–Kier alpha value is -0.814. The Bertz CT molecular complexity index is 1210.